The third-order valence-electron chi connectivity index (χ3n) is 4.67. The van der Waals surface area contributed by atoms with Gasteiger partial charge in [0.25, 0.3) is 5.79 Å². The lowest BCUT2D eigenvalue weighted by Gasteiger charge is -2.53. The smallest absolute Gasteiger partial charge is 0.334 e. The second kappa shape index (κ2) is 8.59. The lowest BCUT2D eigenvalue weighted by molar-refractivity contribution is -0.406. The molecule has 0 amide bonds. The van der Waals surface area contributed by atoms with E-state index in [-0.39, 0.29) is 0 Å². The van der Waals surface area contributed by atoms with Gasteiger partial charge in [-0.15, -0.1) is 0 Å². The van der Waals surface area contributed by atoms with Crippen LogP contribution in [-0.4, -0.2) is 132 Å². The monoisotopic (exact) mass is 400 g/mol. The number of esters is 1. The minimum Gasteiger partial charge on any atom is -0.425 e. The molecule has 0 aromatic carbocycles. The zero-order valence-electron chi connectivity index (χ0n) is 14.0. The summed E-state index contributed by atoms with van der Waals surface area (Å²) in [6.07, 6.45) is -17.0. The lowest BCUT2D eigenvalue weighted by Crippen LogP contribution is -2.76. The van der Waals surface area contributed by atoms with Crippen molar-refractivity contribution in [3.8, 4) is 0 Å². The van der Waals surface area contributed by atoms with Gasteiger partial charge in [-0.1, -0.05) is 0 Å². The molecule has 13 heteroatoms. The molecule has 0 radical (unpaired) electrons. The van der Waals surface area contributed by atoms with E-state index in [0.29, 0.717) is 0 Å². The van der Waals surface area contributed by atoms with Crippen molar-refractivity contribution in [2.75, 3.05) is 19.8 Å². The Labute approximate surface area is 152 Å². The van der Waals surface area contributed by atoms with Crippen LogP contribution in [0.25, 0.3) is 0 Å². The molecule has 9 N–H and O–H groups in total. The van der Waals surface area contributed by atoms with Gasteiger partial charge in [0.05, 0.1) is 13.2 Å². The highest BCUT2D eigenvalue weighted by atomic mass is 16.8. The molecule has 27 heavy (non-hydrogen) atoms. The zero-order chi connectivity index (χ0) is 20.5. The minimum atomic E-state index is -2.81. The number of hydrogen-bond donors (Lipinski definition) is 9. The van der Waals surface area contributed by atoms with Gasteiger partial charge in [0, 0.05) is 0 Å². The van der Waals surface area contributed by atoms with Gasteiger partial charge in [-0.2, -0.15) is 0 Å². The maximum atomic E-state index is 11.7. The van der Waals surface area contributed by atoms with Gasteiger partial charge >= 0.3 is 5.97 Å². The SMILES string of the molecule is O=C(CO)OC1(C2O[C@H](CO)[C@H](O)[C@H](O)[C@H]2O)O[C@H](CO)[C@@H](O)[C@H](O)[C@H]1O. The molecular weight excluding hydrogens is 376 g/mol. The summed E-state index contributed by atoms with van der Waals surface area (Å²) in [5, 5.41) is 88.1. The fourth-order valence-electron chi connectivity index (χ4n) is 3.19. The van der Waals surface area contributed by atoms with Crippen LogP contribution in [0.1, 0.15) is 0 Å². The van der Waals surface area contributed by atoms with Crippen molar-refractivity contribution >= 4 is 5.97 Å². The molecule has 0 spiro atoms. The molecule has 2 rings (SSSR count). The van der Waals surface area contributed by atoms with E-state index < -0.39 is 86.5 Å². The van der Waals surface area contributed by atoms with Crippen LogP contribution in [0.4, 0.5) is 0 Å². The fourth-order valence-corrected chi connectivity index (χ4v) is 3.19. The number of rotatable bonds is 5. The van der Waals surface area contributed by atoms with Crippen LogP contribution in [-0.2, 0) is 19.0 Å². The molecule has 0 aromatic rings. The van der Waals surface area contributed by atoms with E-state index in [1.807, 2.05) is 0 Å². The van der Waals surface area contributed by atoms with Crippen molar-refractivity contribution in [2.45, 2.75) is 60.7 Å². The number of aliphatic hydroxyl groups excluding tert-OH is 9. The molecular formula is C14H24O13. The molecule has 13 nitrogen and oxygen atoms in total. The maximum Gasteiger partial charge on any atom is 0.334 e. The van der Waals surface area contributed by atoms with Gasteiger partial charge in [-0.25, -0.2) is 4.79 Å². The molecule has 2 unspecified atom stereocenters. The number of carbonyl (C=O) groups is 1. The standard InChI is InChI=1S/C14H24O13/c15-1-4-7(19)9(21)11(23)13(25-4)14(27-6(18)3-17)12(24)10(22)8(20)5(2-16)26-14/h4-5,7-13,15-17,19-24H,1-3H2/t4-,5-,7+,8-,9+,10+,11-,12-,13?,14?/m1/s1. The Balaban J connectivity index is 2.51. The lowest BCUT2D eigenvalue weighted by atomic mass is 9.83. The number of aliphatic hydroxyl groups is 9. The Bertz CT molecular complexity index is 513. The fraction of sp³-hybridized carbons (Fsp3) is 0.929. The molecule has 2 aliphatic rings. The van der Waals surface area contributed by atoms with Crippen molar-refractivity contribution in [3.63, 3.8) is 0 Å². The average molecular weight is 400 g/mol. The van der Waals surface area contributed by atoms with Gasteiger partial charge in [0.15, 0.2) is 12.2 Å². The van der Waals surface area contributed by atoms with E-state index in [2.05, 4.69) is 0 Å². The Morgan fingerprint density at radius 3 is 1.89 bits per heavy atom. The third-order valence-corrected chi connectivity index (χ3v) is 4.67. The van der Waals surface area contributed by atoms with Crippen LogP contribution in [0.3, 0.4) is 0 Å². The van der Waals surface area contributed by atoms with Crippen LogP contribution in [0, 0.1) is 0 Å². The van der Waals surface area contributed by atoms with E-state index in [9.17, 15) is 45.6 Å². The van der Waals surface area contributed by atoms with E-state index >= 15 is 0 Å². The molecule has 2 heterocycles. The van der Waals surface area contributed by atoms with Crippen molar-refractivity contribution in [3.05, 3.63) is 0 Å². The summed E-state index contributed by atoms with van der Waals surface area (Å²) in [6.45, 7) is -2.98. The van der Waals surface area contributed by atoms with E-state index in [1.165, 1.54) is 0 Å². The van der Waals surface area contributed by atoms with Crippen LogP contribution in [0.15, 0.2) is 0 Å². The van der Waals surface area contributed by atoms with E-state index in [4.69, 9.17) is 19.3 Å². The highest BCUT2D eigenvalue weighted by Crippen LogP contribution is 2.40. The first-order chi connectivity index (χ1) is 12.6. The first-order valence-electron chi connectivity index (χ1n) is 8.10. The van der Waals surface area contributed by atoms with Gasteiger partial charge in [-0.3, -0.25) is 0 Å². The van der Waals surface area contributed by atoms with Crippen molar-refractivity contribution in [1.82, 2.24) is 0 Å². The van der Waals surface area contributed by atoms with E-state index in [1.54, 1.807) is 0 Å². The molecule has 158 valence electrons. The second-order valence-electron chi connectivity index (χ2n) is 6.37. The summed E-state index contributed by atoms with van der Waals surface area (Å²) < 4.78 is 15.4. The maximum absolute atomic E-state index is 11.7. The number of ether oxygens (including phenoxy) is 3. The Morgan fingerprint density at radius 1 is 0.815 bits per heavy atom. The van der Waals surface area contributed by atoms with Gasteiger partial charge < -0.3 is 60.2 Å². The number of hydrogen-bond acceptors (Lipinski definition) is 13. The van der Waals surface area contributed by atoms with Gasteiger partial charge in [-0.05, 0) is 0 Å². The predicted octanol–water partition coefficient (Wildman–Crippen LogP) is -6.47. The molecule has 0 aromatic heterocycles. The van der Waals surface area contributed by atoms with Crippen molar-refractivity contribution in [1.29, 1.82) is 0 Å². The van der Waals surface area contributed by atoms with Crippen molar-refractivity contribution in [2.24, 2.45) is 0 Å². The molecule has 2 aliphatic heterocycles. The van der Waals surface area contributed by atoms with Gasteiger partial charge in [0.2, 0.25) is 0 Å². The first kappa shape index (κ1) is 22.3. The molecule has 0 bridgehead atoms. The average Bonchev–Trinajstić information content (AvgIpc) is 2.66. The Morgan fingerprint density at radius 2 is 1.37 bits per heavy atom. The summed E-state index contributed by atoms with van der Waals surface area (Å²) in [5.41, 5.74) is 0. The first-order valence-corrected chi connectivity index (χ1v) is 8.10. The summed E-state index contributed by atoms with van der Waals surface area (Å²) in [6, 6.07) is 0. The number of carbonyl (C=O) groups excluding carboxylic acids is 1. The summed E-state index contributed by atoms with van der Waals surface area (Å²) >= 11 is 0. The normalized spacial score (nSPS) is 48.3. The Kier molecular flexibility index (Phi) is 7.10. The quantitative estimate of drug-likeness (QED) is 0.196. The zero-order valence-corrected chi connectivity index (χ0v) is 14.0. The third kappa shape index (κ3) is 3.81. The van der Waals surface area contributed by atoms with Crippen LogP contribution < -0.4 is 0 Å². The van der Waals surface area contributed by atoms with E-state index in [0.717, 1.165) is 0 Å². The topological polar surface area (TPSA) is 227 Å². The summed E-state index contributed by atoms with van der Waals surface area (Å²) in [5.74, 6) is -4.20. The van der Waals surface area contributed by atoms with Crippen LogP contribution in [0.2, 0.25) is 0 Å². The van der Waals surface area contributed by atoms with Crippen molar-refractivity contribution < 1.29 is 65.0 Å². The minimum absolute atomic E-state index is 0.851. The molecule has 0 saturated carbocycles. The molecule has 0 aliphatic carbocycles. The van der Waals surface area contributed by atoms with Crippen LogP contribution >= 0.6 is 0 Å². The summed E-state index contributed by atoms with van der Waals surface area (Å²) in [4.78, 5) is 11.7. The highest BCUT2D eigenvalue weighted by Gasteiger charge is 2.65. The summed E-state index contributed by atoms with van der Waals surface area (Å²) in [7, 11) is 0. The largest absolute Gasteiger partial charge is 0.425 e. The second-order valence-corrected chi connectivity index (χ2v) is 6.37. The van der Waals surface area contributed by atoms with Crippen LogP contribution in [0.5, 0.6) is 0 Å². The highest BCUT2D eigenvalue weighted by molar-refractivity contribution is 5.71. The Hall–Kier alpha value is -0.970. The van der Waals surface area contributed by atoms with Gasteiger partial charge in [0.1, 0.15) is 49.3 Å². The molecule has 2 saturated heterocycles. The molecule has 2 fully saturated rings. The molecule has 10 atom stereocenters. The predicted molar refractivity (Wildman–Crippen MR) is 79.7 cm³/mol.